The van der Waals surface area contributed by atoms with Crippen LogP contribution in [-0.2, 0) is 6.54 Å². The second kappa shape index (κ2) is 4.72. The number of hydrogen-bond donors (Lipinski definition) is 2. The maximum absolute atomic E-state index is 13.0. The molecule has 0 bridgehead atoms. The van der Waals surface area contributed by atoms with Crippen LogP contribution in [0, 0.1) is 12.7 Å². The number of nitrogens with one attached hydrogen (secondary N) is 2. The molecule has 2 aromatic carbocycles. The Balaban J connectivity index is 1.84. The lowest BCUT2D eigenvalue weighted by atomic mass is 10.1. The molecule has 0 aliphatic carbocycles. The maximum Gasteiger partial charge on any atom is 0.123 e. The van der Waals surface area contributed by atoms with E-state index in [1.807, 2.05) is 31.2 Å². The van der Waals surface area contributed by atoms with Gasteiger partial charge < -0.3 is 5.32 Å². The Labute approximate surface area is 110 Å². The molecule has 2 N–H and O–H groups in total. The number of H-pyrrole nitrogens is 1. The zero-order valence-corrected chi connectivity index (χ0v) is 10.6. The predicted octanol–water partition coefficient (Wildman–Crippen LogP) is 3.62. The Hall–Kier alpha value is -2.36. The number of aromatic amines is 1. The molecule has 3 rings (SSSR count). The topological polar surface area (TPSA) is 40.7 Å². The van der Waals surface area contributed by atoms with Crippen molar-refractivity contribution < 1.29 is 4.39 Å². The van der Waals surface area contributed by atoms with Crippen molar-refractivity contribution in [2.75, 3.05) is 5.32 Å². The molecule has 1 aromatic heterocycles. The molecule has 0 spiro atoms. The van der Waals surface area contributed by atoms with Gasteiger partial charge in [-0.2, -0.15) is 5.10 Å². The van der Waals surface area contributed by atoms with Gasteiger partial charge >= 0.3 is 0 Å². The summed E-state index contributed by atoms with van der Waals surface area (Å²) < 4.78 is 13.0. The minimum Gasteiger partial charge on any atom is -0.379 e. The molecule has 96 valence electrons. The molecule has 0 unspecified atom stereocenters. The van der Waals surface area contributed by atoms with Crippen LogP contribution in [0.3, 0.4) is 0 Å². The van der Waals surface area contributed by atoms with E-state index in [1.165, 1.54) is 6.07 Å². The first kappa shape index (κ1) is 11.7. The van der Waals surface area contributed by atoms with Crippen molar-refractivity contribution in [2.45, 2.75) is 13.5 Å². The van der Waals surface area contributed by atoms with Crippen LogP contribution in [0.4, 0.5) is 10.1 Å². The number of benzene rings is 2. The summed E-state index contributed by atoms with van der Waals surface area (Å²) in [4.78, 5) is 0. The number of para-hydroxylation sites is 1. The Kier molecular flexibility index (Phi) is 2.91. The zero-order valence-electron chi connectivity index (χ0n) is 10.6. The molecule has 0 saturated heterocycles. The molecule has 1 heterocycles. The van der Waals surface area contributed by atoms with E-state index in [-0.39, 0.29) is 5.82 Å². The number of anilines is 1. The highest BCUT2D eigenvalue weighted by Gasteiger charge is 2.04. The average Bonchev–Trinajstić information content (AvgIpc) is 2.86. The van der Waals surface area contributed by atoms with Crippen LogP contribution < -0.4 is 5.32 Å². The van der Waals surface area contributed by atoms with Crippen molar-refractivity contribution in [3.63, 3.8) is 0 Å². The quantitative estimate of drug-likeness (QED) is 0.750. The smallest absolute Gasteiger partial charge is 0.123 e. The summed E-state index contributed by atoms with van der Waals surface area (Å²) in [6, 6.07) is 10.8. The fraction of sp³-hybridized carbons (Fsp3) is 0.133. The van der Waals surface area contributed by atoms with Gasteiger partial charge in [0.15, 0.2) is 0 Å². The third-order valence-corrected chi connectivity index (χ3v) is 3.25. The summed E-state index contributed by atoms with van der Waals surface area (Å²) in [6.07, 6.45) is 1.80. The van der Waals surface area contributed by atoms with Crippen LogP contribution in [0.25, 0.3) is 10.9 Å². The highest BCUT2D eigenvalue weighted by atomic mass is 19.1. The first-order valence-electron chi connectivity index (χ1n) is 6.15. The van der Waals surface area contributed by atoms with E-state index in [4.69, 9.17) is 0 Å². The first-order chi connectivity index (χ1) is 9.24. The van der Waals surface area contributed by atoms with Gasteiger partial charge in [-0.05, 0) is 36.2 Å². The monoisotopic (exact) mass is 255 g/mol. The highest BCUT2D eigenvalue weighted by molar-refractivity contribution is 5.89. The number of fused-ring (bicyclic) bond motifs is 1. The van der Waals surface area contributed by atoms with E-state index < -0.39 is 0 Å². The molecule has 3 aromatic rings. The van der Waals surface area contributed by atoms with Gasteiger partial charge in [-0.3, -0.25) is 5.10 Å². The molecule has 0 aliphatic rings. The second-order valence-electron chi connectivity index (χ2n) is 4.56. The normalized spacial score (nSPS) is 10.8. The van der Waals surface area contributed by atoms with Crippen LogP contribution in [0.1, 0.15) is 11.1 Å². The third kappa shape index (κ3) is 2.29. The molecule has 0 amide bonds. The van der Waals surface area contributed by atoms with Crippen LogP contribution in [-0.4, -0.2) is 10.2 Å². The number of rotatable bonds is 3. The molecular weight excluding hydrogens is 241 g/mol. The van der Waals surface area contributed by atoms with Gasteiger partial charge in [-0.25, -0.2) is 4.39 Å². The van der Waals surface area contributed by atoms with Crippen LogP contribution in [0.2, 0.25) is 0 Å². The molecule has 0 aliphatic heterocycles. The summed E-state index contributed by atoms with van der Waals surface area (Å²) in [5.41, 5.74) is 4.02. The van der Waals surface area contributed by atoms with Gasteiger partial charge in [0.25, 0.3) is 0 Å². The van der Waals surface area contributed by atoms with E-state index >= 15 is 0 Å². The Bertz CT molecular complexity index is 718. The number of aryl methyl sites for hydroxylation is 1. The summed E-state index contributed by atoms with van der Waals surface area (Å²) in [7, 11) is 0. The predicted molar refractivity (Wildman–Crippen MR) is 74.6 cm³/mol. The van der Waals surface area contributed by atoms with Crippen molar-refractivity contribution >= 4 is 16.6 Å². The second-order valence-corrected chi connectivity index (χ2v) is 4.56. The van der Waals surface area contributed by atoms with Gasteiger partial charge in [-0.15, -0.1) is 0 Å². The Morgan fingerprint density at radius 3 is 3.00 bits per heavy atom. The molecule has 0 saturated carbocycles. The number of nitrogens with zero attached hydrogens (tertiary/aromatic N) is 1. The molecular formula is C15H14FN3. The maximum atomic E-state index is 13.0. The molecule has 3 nitrogen and oxygen atoms in total. The fourth-order valence-electron chi connectivity index (χ4n) is 2.16. The summed E-state index contributed by atoms with van der Waals surface area (Å²) >= 11 is 0. The van der Waals surface area contributed by atoms with Gasteiger partial charge in [0.1, 0.15) is 5.82 Å². The van der Waals surface area contributed by atoms with Crippen molar-refractivity contribution in [2.24, 2.45) is 0 Å². The lowest BCUT2D eigenvalue weighted by molar-refractivity contribution is 0.625. The van der Waals surface area contributed by atoms with Crippen LogP contribution >= 0.6 is 0 Å². The van der Waals surface area contributed by atoms with Gasteiger partial charge in [-0.1, -0.05) is 18.2 Å². The molecule has 4 heteroatoms. The van der Waals surface area contributed by atoms with Crippen molar-refractivity contribution in [1.82, 2.24) is 10.2 Å². The van der Waals surface area contributed by atoms with E-state index in [9.17, 15) is 4.39 Å². The van der Waals surface area contributed by atoms with Crippen molar-refractivity contribution in [3.8, 4) is 0 Å². The summed E-state index contributed by atoms with van der Waals surface area (Å²) in [6.45, 7) is 2.57. The Morgan fingerprint density at radius 1 is 1.26 bits per heavy atom. The first-order valence-corrected chi connectivity index (χ1v) is 6.15. The number of hydrogen-bond acceptors (Lipinski definition) is 2. The van der Waals surface area contributed by atoms with Crippen molar-refractivity contribution in [1.29, 1.82) is 0 Å². The lowest BCUT2D eigenvalue weighted by Crippen LogP contribution is -2.02. The van der Waals surface area contributed by atoms with Gasteiger partial charge in [0.2, 0.25) is 0 Å². The van der Waals surface area contributed by atoms with Crippen molar-refractivity contribution in [3.05, 3.63) is 59.5 Å². The fourth-order valence-corrected chi connectivity index (χ4v) is 2.16. The van der Waals surface area contributed by atoms with Gasteiger partial charge in [0.05, 0.1) is 17.4 Å². The van der Waals surface area contributed by atoms with Crippen LogP contribution in [0.15, 0.2) is 42.6 Å². The summed E-state index contributed by atoms with van der Waals surface area (Å²) in [5.74, 6) is -0.197. The van der Waals surface area contributed by atoms with E-state index in [1.54, 1.807) is 12.3 Å². The van der Waals surface area contributed by atoms with E-state index in [0.717, 1.165) is 27.7 Å². The third-order valence-electron chi connectivity index (χ3n) is 3.25. The molecule has 0 atom stereocenters. The number of aromatic nitrogens is 2. The highest BCUT2D eigenvalue weighted by Crippen LogP contribution is 2.21. The average molecular weight is 255 g/mol. The molecule has 19 heavy (non-hydrogen) atoms. The minimum atomic E-state index is -0.197. The van der Waals surface area contributed by atoms with Gasteiger partial charge in [0, 0.05) is 11.9 Å². The largest absolute Gasteiger partial charge is 0.379 e. The minimum absolute atomic E-state index is 0.197. The Morgan fingerprint density at radius 2 is 2.16 bits per heavy atom. The number of halogens is 1. The SMILES string of the molecule is Cc1cc(F)ccc1CNc1cccc2cn[nH]c12. The summed E-state index contributed by atoms with van der Waals surface area (Å²) in [5, 5.41) is 11.4. The standard InChI is InChI=1S/C15H14FN3/c1-10-7-13(16)6-5-11(10)8-17-14-4-2-3-12-9-18-19-15(12)14/h2-7,9,17H,8H2,1H3,(H,18,19). The zero-order chi connectivity index (χ0) is 13.2. The van der Waals surface area contributed by atoms with E-state index in [2.05, 4.69) is 15.5 Å². The van der Waals surface area contributed by atoms with E-state index in [0.29, 0.717) is 6.54 Å². The molecule has 0 fully saturated rings. The van der Waals surface area contributed by atoms with Crippen LogP contribution in [0.5, 0.6) is 0 Å². The molecule has 0 radical (unpaired) electrons. The lowest BCUT2D eigenvalue weighted by Gasteiger charge is -2.10.